The van der Waals surface area contributed by atoms with Crippen molar-refractivity contribution in [1.29, 1.82) is 0 Å². The smallest absolute Gasteiger partial charge is 0.455 e. The Morgan fingerprint density at radius 1 is 1.50 bits per heavy atom. The second-order valence-electron chi connectivity index (χ2n) is 2.91. The Morgan fingerprint density at radius 3 is 2.86 bits per heavy atom. The third kappa shape index (κ3) is 1.13. The van der Waals surface area contributed by atoms with Gasteiger partial charge in [-0.1, -0.05) is 6.07 Å². The van der Waals surface area contributed by atoms with Gasteiger partial charge >= 0.3 is 10.8 Å². The molecule has 1 unspecified atom stereocenters. The largest absolute Gasteiger partial charge is 0.477 e. The monoisotopic (exact) mass is 210 g/mol. The van der Waals surface area contributed by atoms with Crippen LogP contribution in [0.4, 0.5) is 0 Å². The fourth-order valence-corrected chi connectivity index (χ4v) is 2.80. The number of carbonyl (C=O) groups is 1. The van der Waals surface area contributed by atoms with E-state index < -0.39 is 16.4 Å². The van der Waals surface area contributed by atoms with Crippen LogP contribution in [0.25, 0.3) is 10.2 Å². The summed E-state index contributed by atoms with van der Waals surface area (Å²) < 4.78 is 0.616. The summed E-state index contributed by atoms with van der Waals surface area (Å²) in [4.78, 5) is 24.7. The van der Waals surface area contributed by atoms with E-state index in [2.05, 4.69) is 4.98 Å². The van der Waals surface area contributed by atoms with Crippen molar-refractivity contribution in [3.8, 4) is 0 Å². The summed E-state index contributed by atoms with van der Waals surface area (Å²) in [6.45, 7) is 0. The fourth-order valence-electron chi connectivity index (χ4n) is 1.41. The van der Waals surface area contributed by atoms with Gasteiger partial charge in [0.25, 0.3) is 0 Å². The molecule has 0 saturated heterocycles. The van der Waals surface area contributed by atoms with Gasteiger partial charge in [-0.15, -0.1) is 0 Å². The number of benzene rings is 1. The van der Waals surface area contributed by atoms with Crippen LogP contribution in [0.2, 0.25) is 0 Å². The van der Waals surface area contributed by atoms with E-state index in [-0.39, 0.29) is 10.4 Å². The molecular formula is C9H8NO3S+. The van der Waals surface area contributed by atoms with Crippen LogP contribution < -0.4 is 4.87 Å². The highest BCUT2D eigenvalue weighted by molar-refractivity contribution is 7.33. The maximum Gasteiger partial charge on any atom is 0.455 e. The molecule has 0 amide bonds. The van der Waals surface area contributed by atoms with Crippen LogP contribution in [0.15, 0.2) is 23.0 Å². The van der Waals surface area contributed by atoms with Crippen LogP contribution >= 0.6 is 10.5 Å². The minimum absolute atomic E-state index is 0.117. The summed E-state index contributed by atoms with van der Waals surface area (Å²) in [5, 5.41) is 8.92. The Balaban J connectivity index is 2.98. The van der Waals surface area contributed by atoms with E-state index in [1.165, 1.54) is 6.07 Å². The average molecular weight is 210 g/mol. The summed E-state index contributed by atoms with van der Waals surface area (Å²) >= 11 is 0. The summed E-state index contributed by atoms with van der Waals surface area (Å²) in [5.41, 5.74) is 0.840. The number of aryl methyl sites for hydroxylation is 1. The Labute approximate surface area is 81.8 Å². The van der Waals surface area contributed by atoms with Gasteiger partial charge in [0.2, 0.25) is 4.70 Å². The summed E-state index contributed by atoms with van der Waals surface area (Å²) in [7, 11) is -0.655. The van der Waals surface area contributed by atoms with Crippen molar-refractivity contribution >= 4 is 26.7 Å². The highest BCUT2D eigenvalue weighted by atomic mass is 32.2. The van der Waals surface area contributed by atoms with E-state index in [1.54, 1.807) is 18.4 Å². The molecule has 2 rings (SSSR count). The molecule has 1 aromatic heterocycles. The second kappa shape index (κ2) is 2.95. The number of H-pyrrole nitrogens is 1. The molecule has 1 aromatic carbocycles. The summed E-state index contributed by atoms with van der Waals surface area (Å²) in [5.74, 6) is -0.988. The van der Waals surface area contributed by atoms with Gasteiger partial charge in [-0.2, -0.15) is 0 Å². The molecule has 2 aromatic rings. The highest BCUT2D eigenvalue weighted by Crippen LogP contribution is 2.26. The predicted octanol–water partition coefficient (Wildman–Crippen LogP) is 1.51. The minimum Gasteiger partial charge on any atom is -0.477 e. The number of thiazole rings is 1. The molecule has 0 spiro atoms. The van der Waals surface area contributed by atoms with Crippen molar-refractivity contribution in [2.45, 2.75) is 0 Å². The van der Waals surface area contributed by atoms with Crippen LogP contribution in [0.1, 0.15) is 10.4 Å². The topological polar surface area (TPSA) is 70.2 Å². The van der Waals surface area contributed by atoms with Crippen LogP contribution in [0.5, 0.6) is 0 Å². The van der Waals surface area contributed by atoms with E-state index >= 15 is 0 Å². The zero-order valence-electron chi connectivity index (χ0n) is 7.40. The molecule has 0 bridgehead atoms. The number of hydrogen-bond donors (Lipinski definition) is 2. The van der Waals surface area contributed by atoms with Crippen molar-refractivity contribution in [2.24, 2.45) is 6.26 Å². The van der Waals surface area contributed by atoms with Gasteiger partial charge in [0, 0.05) is 10.5 Å². The molecule has 1 heterocycles. The molecule has 0 saturated carbocycles. The average Bonchev–Trinajstić information content (AvgIpc) is 2.43. The van der Waals surface area contributed by atoms with Crippen LogP contribution in [-0.4, -0.2) is 16.1 Å². The Kier molecular flexibility index (Phi) is 1.89. The van der Waals surface area contributed by atoms with Crippen molar-refractivity contribution in [1.82, 2.24) is 4.98 Å². The minimum atomic E-state index is -0.988. The molecule has 5 heteroatoms. The van der Waals surface area contributed by atoms with Gasteiger partial charge in [-0.05, 0) is 12.1 Å². The molecule has 0 aliphatic rings. The van der Waals surface area contributed by atoms with E-state index in [0.29, 0.717) is 10.2 Å². The highest BCUT2D eigenvalue weighted by Gasteiger charge is 2.21. The Morgan fingerprint density at radius 2 is 2.21 bits per heavy atom. The molecule has 0 aliphatic heterocycles. The van der Waals surface area contributed by atoms with Crippen molar-refractivity contribution < 1.29 is 9.90 Å². The maximum absolute atomic E-state index is 11.3. The molecule has 0 radical (unpaired) electrons. The first-order chi connectivity index (χ1) is 6.61. The van der Waals surface area contributed by atoms with Gasteiger partial charge in [-0.25, -0.2) is 9.59 Å². The molecule has 0 aliphatic carbocycles. The third-order valence-electron chi connectivity index (χ3n) is 2.07. The first-order valence-electron chi connectivity index (χ1n) is 3.94. The number of hydrogen-bond acceptors (Lipinski definition) is 2. The van der Waals surface area contributed by atoms with Crippen LogP contribution in [0.3, 0.4) is 0 Å². The molecule has 1 atom stereocenters. The van der Waals surface area contributed by atoms with E-state index in [0.717, 1.165) is 0 Å². The lowest BCUT2D eigenvalue weighted by Crippen LogP contribution is -1.96. The number of aromatic carboxylic acids is 1. The number of aromatic amines is 1. The zero-order valence-corrected chi connectivity index (χ0v) is 8.22. The van der Waals surface area contributed by atoms with Crippen LogP contribution in [-0.2, 0) is 6.26 Å². The number of nitrogens with one attached hydrogen (secondary N) is 1. The quantitative estimate of drug-likeness (QED) is 0.701. The van der Waals surface area contributed by atoms with Gasteiger partial charge in [-0.3, -0.25) is 4.98 Å². The van der Waals surface area contributed by atoms with E-state index in [9.17, 15) is 9.59 Å². The van der Waals surface area contributed by atoms with Gasteiger partial charge in [0.1, 0.15) is 17.3 Å². The van der Waals surface area contributed by atoms with E-state index in [4.69, 9.17) is 5.11 Å². The number of aromatic nitrogens is 1. The molecule has 14 heavy (non-hydrogen) atoms. The number of rotatable bonds is 1. The van der Waals surface area contributed by atoms with E-state index in [1.807, 2.05) is 0 Å². The zero-order chi connectivity index (χ0) is 10.3. The molecular weight excluding hydrogens is 202 g/mol. The third-order valence-corrected chi connectivity index (χ3v) is 3.78. The molecule has 4 nitrogen and oxygen atoms in total. The van der Waals surface area contributed by atoms with Gasteiger partial charge in [0.05, 0.1) is 0 Å². The molecule has 2 N–H and O–H groups in total. The van der Waals surface area contributed by atoms with Gasteiger partial charge in [0.15, 0.2) is 0 Å². The van der Waals surface area contributed by atoms with Gasteiger partial charge < -0.3 is 5.11 Å². The summed E-state index contributed by atoms with van der Waals surface area (Å²) in [6.07, 6.45) is 1.73. The SMILES string of the molecule is C[s+]1c(=O)[nH]c2cccc(C(=O)O)c21. The predicted molar refractivity (Wildman–Crippen MR) is 55.0 cm³/mol. The lowest BCUT2D eigenvalue weighted by molar-refractivity contribution is 0.0699. The van der Waals surface area contributed by atoms with Crippen LogP contribution in [0, 0.1) is 0 Å². The first-order valence-corrected chi connectivity index (χ1v) is 5.58. The number of carboxylic acids is 1. The Hall–Kier alpha value is -1.62. The lowest BCUT2D eigenvalue weighted by Gasteiger charge is -1.91. The molecule has 0 fully saturated rings. The lowest BCUT2D eigenvalue weighted by atomic mass is 10.2. The Bertz CT molecular complexity index is 567. The number of carboxylic acid groups (broad SMARTS) is 1. The second-order valence-corrected chi connectivity index (χ2v) is 4.71. The number of fused-ring (bicyclic) bond motifs is 1. The standard InChI is InChI=1S/C9H7NO3S/c1-14-7-5(8(11)12)3-2-4-6(7)10-9(14)13/h2-4H,1H3,(H-,10,11,12,13)/p+1. The summed E-state index contributed by atoms with van der Waals surface area (Å²) in [6, 6.07) is 4.87. The van der Waals surface area contributed by atoms with Crippen molar-refractivity contribution in [2.75, 3.05) is 0 Å². The van der Waals surface area contributed by atoms with Crippen molar-refractivity contribution in [3.05, 3.63) is 33.4 Å². The fraction of sp³-hybridized carbons (Fsp3) is 0.111. The van der Waals surface area contributed by atoms with Crippen molar-refractivity contribution in [3.63, 3.8) is 0 Å². The molecule has 72 valence electrons. The maximum atomic E-state index is 11.3. The normalized spacial score (nSPS) is 11.9. The first kappa shape index (κ1) is 8.96.